The van der Waals surface area contributed by atoms with Crippen molar-refractivity contribution in [2.45, 2.75) is 52.5 Å². The number of nitrogens with two attached hydrogens (primary N) is 1. The predicted molar refractivity (Wildman–Crippen MR) is 87.7 cm³/mol. The second kappa shape index (κ2) is 7.34. The standard InChI is InChI=1S/C17H27N3O/c1-3-8-20(9-4-2)16-11-14-7-5-6-13(14)10-15(16)12-19-17(18)21/h10-11H,3-9,12H2,1-2H3,(H3,18,19,21). The van der Waals surface area contributed by atoms with Gasteiger partial charge in [0.25, 0.3) is 0 Å². The maximum atomic E-state index is 11.0. The zero-order valence-corrected chi connectivity index (χ0v) is 13.2. The number of nitrogens with zero attached hydrogens (tertiary/aromatic N) is 1. The molecule has 4 nitrogen and oxygen atoms in total. The minimum absolute atomic E-state index is 0.459. The second-order valence-electron chi connectivity index (χ2n) is 5.81. The van der Waals surface area contributed by atoms with Gasteiger partial charge in [-0.1, -0.05) is 19.9 Å². The lowest BCUT2D eigenvalue weighted by Crippen LogP contribution is -2.31. The van der Waals surface area contributed by atoms with Crippen LogP contribution < -0.4 is 16.0 Å². The molecule has 1 aromatic rings. The van der Waals surface area contributed by atoms with Gasteiger partial charge in [-0.2, -0.15) is 0 Å². The SMILES string of the molecule is CCCN(CCC)c1cc2c(cc1CNC(N)=O)CCC2. The number of hydrogen-bond acceptors (Lipinski definition) is 2. The molecule has 0 atom stereocenters. The topological polar surface area (TPSA) is 58.4 Å². The predicted octanol–water partition coefficient (Wildman–Crippen LogP) is 2.97. The molecule has 21 heavy (non-hydrogen) atoms. The van der Waals surface area contributed by atoms with Crippen LogP contribution >= 0.6 is 0 Å². The Morgan fingerprint density at radius 3 is 2.38 bits per heavy atom. The molecule has 2 rings (SSSR count). The smallest absolute Gasteiger partial charge is 0.312 e. The van der Waals surface area contributed by atoms with Crippen LogP contribution in [0.3, 0.4) is 0 Å². The Kier molecular flexibility index (Phi) is 5.48. The van der Waals surface area contributed by atoms with Crippen LogP contribution in [-0.4, -0.2) is 19.1 Å². The van der Waals surface area contributed by atoms with Gasteiger partial charge in [-0.05, 0) is 54.9 Å². The largest absolute Gasteiger partial charge is 0.371 e. The summed E-state index contributed by atoms with van der Waals surface area (Å²) in [5, 5.41) is 2.74. The first-order valence-electron chi connectivity index (χ1n) is 8.08. The Morgan fingerprint density at radius 2 is 1.81 bits per heavy atom. The fraction of sp³-hybridized carbons (Fsp3) is 0.588. The van der Waals surface area contributed by atoms with Gasteiger partial charge in [-0.3, -0.25) is 0 Å². The zero-order chi connectivity index (χ0) is 15.2. The highest BCUT2D eigenvalue weighted by Crippen LogP contribution is 2.31. The van der Waals surface area contributed by atoms with E-state index in [9.17, 15) is 4.79 Å². The second-order valence-corrected chi connectivity index (χ2v) is 5.81. The number of rotatable bonds is 7. The quantitative estimate of drug-likeness (QED) is 0.810. The van der Waals surface area contributed by atoms with Gasteiger partial charge in [0, 0.05) is 25.3 Å². The highest BCUT2D eigenvalue weighted by Gasteiger charge is 2.18. The summed E-state index contributed by atoms with van der Waals surface area (Å²) in [7, 11) is 0. The van der Waals surface area contributed by atoms with Gasteiger partial charge in [0.2, 0.25) is 0 Å². The molecule has 0 saturated carbocycles. The minimum atomic E-state index is -0.459. The Labute approximate surface area is 127 Å². The highest BCUT2D eigenvalue weighted by atomic mass is 16.2. The number of fused-ring (bicyclic) bond motifs is 1. The van der Waals surface area contributed by atoms with E-state index in [4.69, 9.17) is 5.73 Å². The number of primary amides is 1. The van der Waals surface area contributed by atoms with E-state index in [-0.39, 0.29) is 0 Å². The lowest BCUT2D eigenvalue weighted by atomic mass is 10.0. The van der Waals surface area contributed by atoms with E-state index in [1.165, 1.54) is 35.2 Å². The Balaban J connectivity index is 2.32. The summed E-state index contributed by atoms with van der Waals surface area (Å²) in [4.78, 5) is 13.5. The maximum absolute atomic E-state index is 11.0. The van der Waals surface area contributed by atoms with Crippen LogP contribution in [-0.2, 0) is 19.4 Å². The molecule has 3 N–H and O–H groups in total. The number of carbonyl (C=O) groups is 1. The summed E-state index contributed by atoms with van der Waals surface area (Å²) in [6, 6.07) is 4.15. The van der Waals surface area contributed by atoms with Crippen molar-refractivity contribution < 1.29 is 4.79 Å². The lowest BCUT2D eigenvalue weighted by molar-refractivity contribution is 0.248. The third-order valence-corrected chi connectivity index (χ3v) is 4.07. The van der Waals surface area contributed by atoms with Crippen molar-refractivity contribution in [3.8, 4) is 0 Å². The first-order chi connectivity index (χ1) is 10.2. The van der Waals surface area contributed by atoms with Crippen LogP contribution in [0.2, 0.25) is 0 Å². The van der Waals surface area contributed by atoms with E-state index in [1.54, 1.807) is 0 Å². The molecule has 4 heteroatoms. The molecule has 0 heterocycles. The monoisotopic (exact) mass is 289 g/mol. The number of aryl methyl sites for hydroxylation is 2. The van der Waals surface area contributed by atoms with Crippen molar-refractivity contribution in [1.82, 2.24) is 5.32 Å². The average Bonchev–Trinajstić information content (AvgIpc) is 2.91. The Bertz CT molecular complexity index is 493. The number of anilines is 1. The molecular formula is C17H27N3O. The van der Waals surface area contributed by atoms with Crippen molar-refractivity contribution >= 4 is 11.7 Å². The number of urea groups is 1. The molecule has 0 saturated heterocycles. The van der Waals surface area contributed by atoms with Gasteiger partial charge < -0.3 is 16.0 Å². The molecule has 116 valence electrons. The fourth-order valence-electron chi connectivity index (χ4n) is 3.17. The molecule has 0 aliphatic heterocycles. The summed E-state index contributed by atoms with van der Waals surface area (Å²) in [5.74, 6) is 0. The van der Waals surface area contributed by atoms with Crippen LogP contribution in [0, 0.1) is 0 Å². The molecule has 0 unspecified atom stereocenters. The van der Waals surface area contributed by atoms with E-state index >= 15 is 0 Å². The molecule has 0 bridgehead atoms. The first-order valence-corrected chi connectivity index (χ1v) is 8.08. The van der Waals surface area contributed by atoms with Gasteiger partial charge in [0.15, 0.2) is 0 Å². The van der Waals surface area contributed by atoms with Gasteiger partial charge >= 0.3 is 6.03 Å². The molecule has 0 aromatic heterocycles. The molecule has 1 aliphatic carbocycles. The number of carbonyl (C=O) groups excluding carboxylic acids is 1. The van der Waals surface area contributed by atoms with Crippen LogP contribution in [0.1, 0.15) is 49.8 Å². The van der Waals surface area contributed by atoms with Crippen LogP contribution in [0.25, 0.3) is 0 Å². The highest BCUT2D eigenvalue weighted by molar-refractivity contribution is 5.72. The van der Waals surface area contributed by atoms with Gasteiger partial charge in [0.1, 0.15) is 0 Å². The molecular weight excluding hydrogens is 262 g/mol. The van der Waals surface area contributed by atoms with E-state index in [0.717, 1.165) is 32.4 Å². The van der Waals surface area contributed by atoms with Crippen LogP contribution in [0.4, 0.5) is 10.5 Å². The number of amides is 2. The van der Waals surface area contributed by atoms with Crippen molar-refractivity contribution in [1.29, 1.82) is 0 Å². The van der Waals surface area contributed by atoms with Gasteiger partial charge in [-0.25, -0.2) is 4.79 Å². The normalized spacial score (nSPS) is 13.0. The van der Waals surface area contributed by atoms with Crippen molar-refractivity contribution in [3.63, 3.8) is 0 Å². The van der Waals surface area contributed by atoms with Crippen LogP contribution in [0.5, 0.6) is 0 Å². The minimum Gasteiger partial charge on any atom is -0.371 e. The van der Waals surface area contributed by atoms with E-state index in [1.807, 2.05) is 0 Å². The Hall–Kier alpha value is -1.71. The fourth-order valence-corrected chi connectivity index (χ4v) is 3.17. The van der Waals surface area contributed by atoms with E-state index in [0.29, 0.717) is 6.54 Å². The summed E-state index contributed by atoms with van der Waals surface area (Å²) in [6.45, 7) is 7.03. The van der Waals surface area contributed by atoms with Crippen molar-refractivity contribution in [3.05, 3.63) is 28.8 Å². The van der Waals surface area contributed by atoms with Crippen molar-refractivity contribution in [2.75, 3.05) is 18.0 Å². The molecule has 0 radical (unpaired) electrons. The van der Waals surface area contributed by atoms with E-state index in [2.05, 4.69) is 36.2 Å². The molecule has 0 fully saturated rings. The number of benzene rings is 1. The van der Waals surface area contributed by atoms with Crippen LogP contribution in [0.15, 0.2) is 12.1 Å². The summed E-state index contributed by atoms with van der Waals surface area (Å²) >= 11 is 0. The third-order valence-electron chi connectivity index (χ3n) is 4.07. The zero-order valence-electron chi connectivity index (χ0n) is 13.2. The summed E-state index contributed by atoms with van der Waals surface area (Å²) in [6.07, 6.45) is 5.82. The van der Waals surface area contributed by atoms with Gasteiger partial charge in [-0.15, -0.1) is 0 Å². The first kappa shape index (κ1) is 15.7. The molecule has 0 spiro atoms. The summed E-state index contributed by atoms with van der Waals surface area (Å²) in [5.41, 5.74) is 10.6. The summed E-state index contributed by atoms with van der Waals surface area (Å²) < 4.78 is 0. The molecule has 1 aliphatic rings. The Morgan fingerprint density at radius 1 is 1.19 bits per heavy atom. The average molecular weight is 289 g/mol. The number of hydrogen-bond donors (Lipinski definition) is 2. The lowest BCUT2D eigenvalue weighted by Gasteiger charge is -2.27. The maximum Gasteiger partial charge on any atom is 0.312 e. The number of nitrogens with one attached hydrogen (secondary N) is 1. The van der Waals surface area contributed by atoms with E-state index < -0.39 is 6.03 Å². The molecule has 2 amide bonds. The third kappa shape index (κ3) is 3.90. The van der Waals surface area contributed by atoms with Gasteiger partial charge in [0.05, 0.1) is 0 Å². The molecule has 1 aromatic carbocycles. The van der Waals surface area contributed by atoms with Crippen molar-refractivity contribution in [2.24, 2.45) is 5.73 Å².